The third kappa shape index (κ3) is 2.59. The molecular formula is C10H12F3N3O. The summed E-state index contributed by atoms with van der Waals surface area (Å²) >= 11 is 0. The van der Waals surface area contributed by atoms with Crippen LogP contribution in [0.25, 0.3) is 0 Å². The molecule has 1 aliphatic heterocycles. The Morgan fingerprint density at radius 1 is 1.53 bits per heavy atom. The highest BCUT2D eigenvalue weighted by molar-refractivity contribution is 5.82. The summed E-state index contributed by atoms with van der Waals surface area (Å²) in [6.45, 7) is 2.77. The number of carbonyl (C=O) groups excluding carboxylic acids is 1. The molecule has 17 heavy (non-hydrogen) atoms. The van der Waals surface area contributed by atoms with Crippen LogP contribution >= 0.6 is 0 Å². The van der Waals surface area contributed by atoms with E-state index >= 15 is 0 Å². The summed E-state index contributed by atoms with van der Waals surface area (Å²) in [5, 5.41) is 0. The van der Waals surface area contributed by atoms with Gasteiger partial charge in [-0.2, -0.15) is 13.2 Å². The van der Waals surface area contributed by atoms with E-state index in [1.165, 1.54) is 0 Å². The average molecular weight is 247 g/mol. The number of nitrogens with zero attached hydrogens (tertiary/aromatic N) is 3. The fraction of sp³-hybridized carbons (Fsp3) is 0.600. The molecule has 1 aliphatic rings. The quantitative estimate of drug-likeness (QED) is 0.788. The van der Waals surface area contributed by atoms with Crippen LogP contribution in [-0.4, -0.2) is 39.6 Å². The van der Waals surface area contributed by atoms with Gasteiger partial charge < -0.3 is 9.47 Å². The zero-order valence-corrected chi connectivity index (χ0v) is 9.24. The number of alkyl halides is 3. The number of amides is 1. The highest BCUT2D eigenvalue weighted by Gasteiger charge is 2.46. The van der Waals surface area contributed by atoms with Crippen molar-refractivity contribution in [2.45, 2.75) is 19.6 Å². The largest absolute Gasteiger partial charge is 0.471 e. The van der Waals surface area contributed by atoms with Crippen molar-refractivity contribution in [1.82, 2.24) is 14.5 Å². The number of likely N-dealkylation sites (tertiary alicyclic amines) is 1. The molecule has 1 amide bonds. The van der Waals surface area contributed by atoms with Crippen molar-refractivity contribution in [1.29, 1.82) is 0 Å². The standard InChI is InChI=1S/C10H12F3N3O/c1-7-2-15(6-14-7)3-8-4-16(5-8)9(17)10(11,12)13/h2,6,8H,3-5H2,1H3. The van der Waals surface area contributed by atoms with Crippen molar-refractivity contribution in [3.8, 4) is 0 Å². The van der Waals surface area contributed by atoms with Crippen LogP contribution < -0.4 is 0 Å². The normalized spacial score (nSPS) is 17.1. The predicted octanol–water partition coefficient (Wildman–Crippen LogP) is 1.21. The molecule has 2 heterocycles. The van der Waals surface area contributed by atoms with Crippen LogP contribution in [0.5, 0.6) is 0 Å². The summed E-state index contributed by atoms with van der Waals surface area (Å²) in [4.78, 5) is 15.7. The second-order valence-electron chi connectivity index (χ2n) is 4.29. The first-order valence-corrected chi connectivity index (χ1v) is 5.20. The van der Waals surface area contributed by atoms with Crippen LogP contribution in [0.4, 0.5) is 13.2 Å². The van der Waals surface area contributed by atoms with Crippen LogP contribution in [0.15, 0.2) is 12.5 Å². The lowest BCUT2D eigenvalue weighted by Gasteiger charge is -2.39. The molecule has 4 nitrogen and oxygen atoms in total. The van der Waals surface area contributed by atoms with Gasteiger partial charge in [0, 0.05) is 31.7 Å². The minimum absolute atomic E-state index is 0.0786. The molecular weight excluding hydrogens is 235 g/mol. The van der Waals surface area contributed by atoms with E-state index in [2.05, 4.69) is 4.98 Å². The van der Waals surface area contributed by atoms with Gasteiger partial charge in [-0.3, -0.25) is 4.79 Å². The Kier molecular flexibility index (Phi) is 2.84. The molecule has 0 aromatic carbocycles. The Hall–Kier alpha value is -1.53. The van der Waals surface area contributed by atoms with Crippen LogP contribution in [0.3, 0.4) is 0 Å². The molecule has 0 N–H and O–H groups in total. The molecule has 0 bridgehead atoms. The van der Waals surface area contributed by atoms with Gasteiger partial charge in [-0.15, -0.1) is 0 Å². The molecule has 0 unspecified atom stereocenters. The zero-order valence-electron chi connectivity index (χ0n) is 9.24. The second-order valence-corrected chi connectivity index (χ2v) is 4.29. The van der Waals surface area contributed by atoms with E-state index < -0.39 is 12.1 Å². The predicted molar refractivity (Wildman–Crippen MR) is 53.1 cm³/mol. The highest BCUT2D eigenvalue weighted by Crippen LogP contribution is 2.25. The highest BCUT2D eigenvalue weighted by atomic mass is 19.4. The molecule has 7 heteroatoms. The van der Waals surface area contributed by atoms with Crippen molar-refractivity contribution >= 4 is 5.91 Å². The van der Waals surface area contributed by atoms with Crippen LogP contribution in [-0.2, 0) is 11.3 Å². The van der Waals surface area contributed by atoms with Crippen LogP contribution in [0.2, 0.25) is 0 Å². The van der Waals surface area contributed by atoms with Gasteiger partial charge in [0.15, 0.2) is 0 Å². The summed E-state index contributed by atoms with van der Waals surface area (Å²) in [5.41, 5.74) is 0.868. The van der Waals surface area contributed by atoms with Gasteiger partial charge in [-0.1, -0.05) is 0 Å². The molecule has 1 saturated heterocycles. The van der Waals surface area contributed by atoms with Gasteiger partial charge in [-0.25, -0.2) is 4.98 Å². The van der Waals surface area contributed by atoms with Gasteiger partial charge in [-0.05, 0) is 6.92 Å². The summed E-state index contributed by atoms with van der Waals surface area (Å²) < 4.78 is 38.0. The maximum atomic E-state index is 12.1. The molecule has 94 valence electrons. The van der Waals surface area contributed by atoms with Crippen LogP contribution in [0, 0.1) is 12.8 Å². The van der Waals surface area contributed by atoms with Crippen molar-refractivity contribution in [2.75, 3.05) is 13.1 Å². The maximum Gasteiger partial charge on any atom is 0.471 e. The third-order valence-electron chi connectivity index (χ3n) is 2.72. The van der Waals surface area contributed by atoms with E-state index in [9.17, 15) is 18.0 Å². The molecule has 1 aromatic rings. The smallest absolute Gasteiger partial charge is 0.337 e. The molecule has 2 rings (SSSR count). The molecule has 0 saturated carbocycles. The zero-order chi connectivity index (χ0) is 12.6. The summed E-state index contributed by atoms with van der Waals surface area (Å²) in [7, 11) is 0. The van der Waals surface area contributed by atoms with Gasteiger partial charge in [0.25, 0.3) is 0 Å². The molecule has 1 aromatic heterocycles. The number of imidazole rings is 1. The summed E-state index contributed by atoms with van der Waals surface area (Å²) in [5.74, 6) is -1.66. The van der Waals surface area contributed by atoms with E-state index in [1.807, 2.05) is 17.7 Å². The minimum Gasteiger partial charge on any atom is -0.337 e. The number of aromatic nitrogens is 2. The molecule has 0 aliphatic carbocycles. The fourth-order valence-electron chi connectivity index (χ4n) is 1.90. The third-order valence-corrected chi connectivity index (χ3v) is 2.72. The lowest BCUT2D eigenvalue weighted by molar-refractivity contribution is -0.191. The monoisotopic (exact) mass is 247 g/mol. The lowest BCUT2D eigenvalue weighted by Crippen LogP contribution is -2.55. The fourth-order valence-corrected chi connectivity index (χ4v) is 1.90. The number of carbonyl (C=O) groups is 1. The number of hydrogen-bond donors (Lipinski definition) is 0. The van der Waals surface area contributed by atoms with Gasteiger partial charge in [0.05, 0.1) is 12.0 Å². The van der Waals surface area contributed by atoms with Crippen molar-refractivity contribution in [3.05, 3.63) is 18.2 Å². The molecule has 0 spiro atoms. The lowest BCUT2D eigenvalue weighted by atomic mass is 10.00. The van der Waals surface area contributed by atoms with Gasteiger partial charge >= 0.3 is 12.1 Å². The van der Waals surface area contributed by atoms with Crippen molar-refractivity contribution in [2.24, 2.45) is 5.92 Å². The Morgan fingerprint density at radius 3 is 2.65 bits per heavy atom. The first kappa shape index (κ1) is 11.9. The van der Waals surface area contributed by atoms with E-state index in [0.29, 0.717) is 6.54 Å². The van der Waals surface area contributed by atoms with Gasteiger partial charge in [0.1, 0.15) is 0 Å². The van der Waals surface area contributed by atoms with E-state index in [1.54, 1.807) is 6.33 Å². The Morgan fingerprint density at radius 2 is 2.18 bits per heavy atom. The molecule has 0 radical (unpaired) electrons. The Labute approximate surface area is 96.0 Å². The number of rotatable bonds is 2. The number of aryl methyl sites for hydroxylation is 1. The molecule has 0 atom stereocenters. The van der Waals surface area contributed by atoms with E-state index in [0.717, 1.165) is 10.6 Å². The van der Waals surface area contributed by atoms with Gasteiger partial charge in [0.2, 0.25) is 0 Å². The Balaban J connectivity index is 1.82. The van der Waals surface area contributed by atoms with Crippen molar-refractivity contribution in [3.63, 3.8) is 0 Å². The first-order chi connectivity index (χ1) is 7.86. The average Bonchev–Trinajstić information content (AvgIpc) is 2.54. The SMILES string of the molecule is Cc1cn(CC2CN(C(=O)C(F)(F)F)C2)cn1. The first-order valence-electron chi connectivity index (χ1n) is 5.20. The van der Waals surface area contributed by atoms with Crippen molar-refractivity contribution < 1.29 is 18.0 Å². The van der Waals surface area contributed by atoms with E-state index in [-0.39, 0.29) is 19.0 Å². The van der Waals surface area contributed by atoms with Crippen LogP contribution in [0.1, 0.15) is 5.69 Å². The molecule has 1 fully saturated rings. The summed E-state index contributed by atoms with van der Waals surface area (Å²) in [6.07, 6.45) is -1.28. The summed E-state index contributed by atoms with van der Waals surface area (Å²) in [6, 6.07) is 0. The topological polar surface area (TPSA) is 38.1 Å². The Bertz CT molecular complexity index is 421. The maximum absolute atomic E-state index is 12.1. The second kappa shape index (κ2) is 4.05. The number of halogens is 3. The van der Waals surface area contributed by atoms with E-state index in [4.69, 9.17) is 0 Å². The number of hydrogen-bond acceptors (Lipinski definition) is 2. The minimum atomic E-state index is -4.75.